The molecule has 0 aliphatic heterocycles. The van der Waals surface area contributed by atoms with E-state index in [0.717, 1.165) is 18.5 Å². The Balaban J connectivity index is 2.40. The fourth-order valence-corrected chi connectivity index (χ4v) is 2.26. The molecule has 2 rings (SSSR count). The maximum absolute atomic E-state index is 13.5. The third kappa shape index (κ3) is 3.44. The molecule has 21 heavy (non-hydrogen) atoms. The van der Waals surface area contributed by atoms with Gasteiger partial charge in [-0.15, -0.1) is 0 Å². The largest absolute Gasteiger partial charge is 0.399 e. The van der Waals surface area contributed by atoms with E-state index in [-0.39, 0.29) is 5.82 Å². The van der Waals surface area contributed by atoms with Crippen molar-refractivity contribution in [3.63, 3.8) is 0 Å². The predicted octanol–water partition coefficient (Wildman–Crippen LogP) is 2.34. The lowest BCUT2D eigenvalue weighted by Gasteiger charge is -2.15. The van der Waals surface area contributed by atoms with Crippen LogP contribution in [-0.4, -0.2) is 25.5 Å². The molecule has 0 aliphatic rings. The van der Waals surface area contributed by atoms with Crippen LogP contribution in [0.5, 0.6) is 0 Å². The predicted molar refractivity (Wildman–Crippen MR) is 87.3 cm³/mol. The van der Waals surface area contributed by atoms with Crippen LogP contribution in [0.1, 0.15) is 5.56 Å². The summed E-state index contributed by atoms with van der Waals surface area (Å²) < 4.78 is 13.5. The van der Waals surface area contributed by atoms with Crippen LogP contribution in [0.4, 0.5) is 21.5 Å². The van der Waals surface area contributed by atoms with Crippen molar-refractivity contribution in [2.45, 2.75) is 6.42 Å². The quantitative estimate of drug-likeness (QED) is 0.754. The van der Waals surface area contributed by atoms with Crippen LogP contribution in [0.3, 0.4) is 0 Å². The van der Waals surface area contributed by atoms with Crippen molar-refractivity contribution < 1.29 is 4.39 Å². The van der Waals surface area contributed by atoms with Crippen molar-refractivity contribution in [2.24, 2.45) is 0 Å². The third-order valence-electron chi connectivity index (χ3n) is 3.44. The maximum atomic E-state index is 13.5. The summed E-state index contributed by atoms with van der Waals surface area (Å²) in [4.78, 5) is 2.08. The van der Waals surface area contributed by atoms with Crippen molar-refractivity contribution in [3.05, 3.63) is 41.7 Å². The second-order valence-electron chi connectivity index (χ2n) is 5.43. The van der Waals surface area contributed by atoms with Gasteiger partial charge < -0.3 is 22.1 Å². The van der Waals surface area contributed by atoms with Crippen LogP contribution < -0.4 is 17.2 Å². The zero-order valence-corrected chi connectivity index (χ0v) is 12.4. The standard InChI is InChI=1S/C16H21FN4/c1-21(2)6-5-10-3-4-14(16(20)15(10)19)11-7-12(17)9-13(18)8-11/h3-4,7-9H,5-6,18-20H2,1-2H3. The van der Waals surface area contributed by atoms with Crippen molar-refractivity contribution >= 4 is 17.1 Å². The molecule has 0 fully saturated rings. The third-order valence-corrected chi connectivity index (χ3v) is 3.44. The molecular weight excluding hydrogens is 267 g/mol. The number of nitrogens with zero attached hydrogens (tertiary/aromatic N) is 1. The summed E-state index contributed by atoms with van der Waals surface area (Å²) in [6, 6.07) is 8.17. The van der Waals surface area contributed by atoms with Gasteiger partial charge in [-0.2, -0.15) is 0 Å². The van der Waals surface area contributed by atoms with Gasteiger partial charge in [0.05, 0.1) is 11.4 Å². The minimum atomic E-state index is -0.389. The Hall–Kier alpha value is -2.27. The second kappa shape index (κ2) is 6.01. The first-order valence-corrected chi connectivity index (χ1v) is 6.76. The van der Waals surface area contributed by atoms with Crippen molar-refractivity contribution in [1.29, 1.82) is 0 Å². The first kappa shape index (κ1) is 15.1. The Morgan fingerprint density at radius 3 is 2.33 bits per heavy atom. The van der Waals surface area contributed by atoms with Gasteiger partial charge >= 0.3 is 0 Å². The van der Waals surface area contributed by atoms with E-state index in [1.54, 1.807) is 6.07 Å². The first-order chi connectivity index (χ1) is 9.88. The van der Waals surface area contributed by atoms with E-state index in [0.29, 0.717) is 28.2 Å². The molecule has 0 radical (unpaired) electrons. The first-order valence-electron chi connectivity index (χ1n) is 6.76. The average Bonchev–Trinajstić information content (AvgIpc) is 2.39. The van der Waals surface area contributed by atoms with E-state index in [1.807, 2.05) is 26.2 Å². The highest BCUT2D eigenvalue weighted by atomic mass is 19.1. The molecule has 0 heterocycles. The number of nitrogens with two attached hydrogens (primary N) is 3. The molecule has 6 N–H and O–H groups in total. The fourth-order valence-electron chi connectivity index (χ4n) is 2.26. The lowest BCUT2D eigenvalue weighted by atomic mass is 9.98. The summed E-state index contributed by atoms with van der Waals surface area (Å²) in [6.45, 7) is 0.885. The van der Waals surface area contributed by atoms with E-state index in [4.69, 9.17) is 17.2 Å². The molecule has 0 atom stereocenters. The lowest BCUT2D eigenvalue weighted by molar-refractivity contribution is 0.414. The molecule has 0 saturated carbocycles. The molecular formula is C16H21FN4. The average molecular weight is 288 g/mol. The Kier molecular flexibility index (Phi) is 4.33. The van der Waals surface area contributed by atoms with Gasteiger partial charge in [0.25, 0.3) is 0 Å². The highest BCUT2D eigenvalue weighted by Gasteiger charge is 2.11. The van der Waals surface area contributed by atoms with Crippen LogP contribution >= 0.6 is 0 Å². The molecule has 0 saturated heterocycles. The zero-order chi connectivity index (χ0) is 15.6. The fraction of sp³-hybridized carbons (Fsp3) is 0.250. The second-order valence-corrected chi connectivity index (χ2v) is 5.43. The van der Waals surface area contributed by atoms with Crippen LogP contribution in [-0.2, 0) is 6.42 Å². The van der Waals surface area contributed by atoms with Gasteiger partial charge in [-0.25, -0.2) is 4.39 Å². The van der Waals surface area contributed by atoms with Crippen LogP contribution in [0, 0.1) is 5.82 Å². The van der Waals surface area contributed by atoms with Crippen LogP contribution in [0.25, 0.3) is 11.1 Å². The summed E-state index contributed by atoms with van der Waals surface area (Å²) in [7, 11) is 4.01. The van der Waals surface area contributed by atoms with Crippen molar-refractivity contribution in [3.8, 4) is 11.1 Å². The van der Waals surface area contributed by atoms with Gasteiger partial charge in [-0.1, -0.05) is 12.1 Å². The summed E-state index contributed by atoms with van der Waals surface area (Å²) in [5, 5.41) is 0. The van der Waals surface area contributed by atoms with E-state index in [1.165, 1.54) is 12.1 Å². The number of hydrogen-bond donors (Lipinski definition) is 3. The van der Waals surface area contributed by atoms with Crippen LogP contribution in [0.2, 0.25) is 0 Å². The van der Waals surface area contributed by atoms with Gasteiger partial charge in [0.2, 0.25) is 0 Å². The van der Waals surface area contributed by atoms with Crippen molar-refractivity contribution in [1.82, 2.24) is 4.90 Å². The number of benzene rings is 2. The smallest absolute Gasteiger partial charge is 0.125 e. The zero-order valence-electron chi connectivity index (χ0n) is 12.4. The highest BCUT2D eigenvalue weighted by molar-refractivity contribution is 5.86. The summed E-state index contributed by atoms with van der Waals surface area (Å²) >= 11 is 0. The highest BCUT2D eigenvalue weighted by Crippen LogP contribution is 2.34. The molecule has 0 unspecified atom stereocenters. The molecule has 0 spiro atoms. The molecule has 4 nitrogen and oxygen atoms in total. The lowest BCUT2D eigenvalue weighted by Crippen LogP contribution is -2.16. The number of halogens is 1. The summed E-state index contributed by atoms with van der Waals surface area (Å²) in [5.74, 6) is -0.389. The Morgan fingerprint density at radius 1 is 1.00 bits per heavy atom. The summed E-state index contributed by atoms with van der Waals surface area (Å²) in [6.07, 6.45) is 0.814. The van der Waals surface area contributed by atoms with Crippen molar-refractivity contribution in [2.75, 3.05) is 37.8 Å². The normalized spacial score (nSPS) is 11.0. The molecule has 0 aliphatic carbocycles. The molecule has 5 heteroatoms. The van der Waals surface area contributed by atoms with E-state index < -0.39 is 0 Å². The minimum Gasteiger partial charge on any atom is -0.399 e. The molecule has 2 aromatic carbocycles. The Labute approximate surface area is 124 Å². The van der Waals surface area contributed by atoms with E-state index in [9.17, 15) is 4.39 Å². The topological polar surface area (TPSA) is 81.3 Å². The number of anilines is 3. The number of hydrogen-bond acceptors (Lipinski definition) is 4. The Bertz CT molecular complexity index is 633. The molecule has 0 bridgehead atoms. The van der Waals surface area contributed by atoms with Gasteiger partial charge in [-0.05, 0) is 49.8 Å². The summed E-state index contributed by atoms with van der Waals surface area (Å²) in [5.41, 5.74) is 21.6. The number of likely N-dealkylation sites (N-methyl/N-ethyl adjacent to an activating group) is 1. The monoisotopic (exact) mass is 288 g/mol. The molecule has 0 amide bonds. The SMILES string of the molecule is CN(C)CCc1ccc(-c2cc(N)cc(F)c2)c(N)c1N. The molecule has 0 aromatic heterocycles. The van der Waals surface area contributed by atoms with E-state index in [2.05, 4.69) is 4.90 Å². The maximum Gasteiger partial charge on any atom is 0.125 e. The van der Waals surface area contributed by atoms with Gasteiger partial charge in [0.15, 0.2) is 0 Å². The number of nitrogen functional groups attached to an aromatic ring is 3. The van der Waals surface area contributed by atoms with Crippen LogP contribution in [0.15, 0.2) is 30.3 Å². The van der Waals surface area contributed by atoms with Gasteiger partial charge in [-0.3, -0.25) is 0 Å². The van der Waals surface area contributed by atoms with Gasteiger partial charge in [0, 0.05) is 17.8 Å². The molecule has 112 valence electrons. The van der Waals surface area contributed by atoms with Gasteiger partial charge in [0.1, 0.15) is 5.82 Å². The minimum absolute atomic E-state index is 0.361. The Morgan fingerprint density at radius 2 is 1.71 bits per heavy atom. The number of rotatable bonds is 4. The van der Waals surface area contributed by atoms with E-state index >= 15 is 0 Å². The molecule has 2 aromatic rings.